The molecular formula is C15H18N4O2S. The molecule has 0 radical (unpaired) electrons. The predicted octanol–water partition coefficient (Wildman–Crippen LogP) is 2.25. The smallest absolute Gasteiger partial charge is 0.275 e. The molecule has 2 amide bonds. The molecule has 0 aliphatic heterocycles. The van der Waals surface area contributed by atoms with Crippen LogP contribution < -0.4 is 16.4 Å². The molecule has 0 atom stereocenters. The Balaban J connectivity index is 1.97. The van der Waals surface area contributed by atoms with E-state index in [-0.39, 0.29) is 11.8 Å². The number of aromatic nitrogens is 1. The number of nitrogens with two attached hydrogens (primary N) is 1. The summed E-state index contributed by atoms with van der Waals surface area (Å²) in [4.78, 5) is 27.6. The second-order valence-corrected chi connectivity index (χ2v) is 5.54. The van der Waals surface area contributed by atoms with Gasteiger partial charge in [0, 0.05) is 29.6 Å². The van der Waals surface area contributed by atoms with Gasteiger partial charge in [-0.2, -0.15) is 0 Å². The third-order valence-electron chi connectivity index (χ3n) is 2.89. The highest BCUT2D eigenvalue weighted by molar-refractivity contribution is 7.09. The number of nitrogens with zero attached hydrogens (tertiary/aromatic N) is 1. The number of amides is 2. The van der Waals surface area contributed by atoms with Crippen molar-refractivity contribution in [3.8, 4) is 0 Å². The highest BCUT2D eigenvalue weighted by atomic mass is 32.1. The Hall–Kier alpha value is -2.25. The van der Waals surface area contributed by atoms with Crippen LogP contribution in [0.1, 0.15) is 28.8 Å². The summed E-state index contributed by atoms with van der Waals surface area (Å²) in [5.74, 6) is -0.309. The SMILES string of the molecule is CCC(=O)Nc1ccc(NC(=O)c2csc(CCN)n2)cc1. The van der Waals surface area contributed by atoms with Crippen LogP contribution in [-0.4, -0.2) is 23.3 Å². The van der Waals surface area contributed by atoms with E-state index in [0.717, 1.165) is 5.01 Å². The first-order valence-corrected chi connectivity index (χ1v) is 7.86. The lowest BCUT2D eigenvalue weighted by atomic mass is 10.2. The number of anilines is 2. The summed E-state index contributed by atoms with van der Waals surface area (Å²) >= 11 is 1.43. The molecule has 0 aliphatic carbocycles. The van der Waals surface area contributed by atoms with Gasteiger partial charge in [0.25, 0.3) is 5.91 Å². The molecule has 1 aromatic carbocycles. The van der Waals surface area contributed by atoms with Crippen molar-refractivity contribution in [1.29, 1.82) is 0 Å². The maximum Gasteiger partial charge on any atom is 0.275 e. The van der Waals surface area contributed by atoms with Crippen LogP contribution in [0.2, 0.25) is 0 Å². The highest BCUT2D eigenvalue weighted by Crippen LogP contribution is 2.16. The molecule has 7 heteroatoms. The fraction of sp³-hybridized carbons (Fsp3) is 0.267. The molecule has 22 heavy (non-hydrogen) atoms. The molecule has 0 unspecified atom stereocenters. The van der Waals surface area contributed by atoms with Crippen LogP contribution in [0.4, 0.5) is 11.4 Å². The van der Waals surface area contributed by atoms with Crippen molar-refractivity contribution in [3.63, 3.8) is 0 Å². The first-order valence-electron chi connectivity index (χ1n) is 6.98. The molecule has 0 fully saturated rings. The maximum atomic E-state index is 12.1. The van der Waals surface area contributed by atoms with Crippen LogP contribution in [0, 0.1) is 0 Å². The number of hydrogen-bond donors (Lipinski definition) is 3. The maximum absolute atomic E-state index is 12.1. The lowest BCUT2D eigenvalue weighted by molar-refractivity contribution is -0.115. The van der Waals surface area contributed by atoms with E-state index in [1.54, 1.807) is 36.6 Å². The van der Waals surface area contributed by atoms with Gasteiger partial charge in [0.2, 0.25) is 5.91 Å². The van der Waals surface area contributed by atoms with Gasteiger partial charge >= 0.3 is 0 Å². The predicted molar refractivity (Wildman–Crippen MR) is 88.2 cm³/mol. The lowest BCUT2D eigenvalue weighted by Crippen LogP contribution is -2.13. The van der Waals surface area contributed by atoms with Crippen LogP contribution in [0.25, 0.3) is 0 Å². The number of carbonyl (C=O) groups excluding carboxylic acids is 2. The highest BCUT2D eigenvalue weighted by Gasteiger charge is 2.10. The number of nitrogens with one attached hydrogen (secondary N) is 2. The Kier molecular flexibility index (Phi) is 5.62. The Morgan fingerprint density at radius 1 is 1.18 bits per heavy atom. The molecule has 116 valence electrons. The largest absolute Gasteiger partial charge is 0.330 e. The van der Waals surface area contributed by atoms with E-state index in [4.69, 9.17) is 5.73 Å². The molecule has 0 bridgehead atoms. The van der Waals surface area contributed by atoms with Crippen molar-refractivity contribution in [2.45, 2.75) is 19.8 Å². The van der Waals surface area contributed by atoms with Gasteiger partial charge < -0.3 is 16.4 Å². The van der Waals surface area contributed by atoms with Gasteiger partial charge in [0.05, 0.1) is 5.01 Å². The van der Waals surface area contributed by atoms with Gasteiger partial charge in [-0.05, 0) is 30.8 Å². The number of hydrogen-bond acceptors (Lipinski definition) is 5. The summed E-state index contributed by atoms with van der Waals surface area (Å²) in [6.45, 7) is 2.30. The normalized spacial score (nSPS) is 10.3. The number of rotatable bonds is 6. The fourth-order valence-electron chi connectivity index (χ4n) is 1.73. The van der Waals surface area contributed by atoms with Crippen molar-refractivity contribution in [1.82, 2.24) is 4.98 Å². The third-order valence-corrected chi connectivity index (χ3v) is 3.80. The summed E-state index contributed by atoms with van der Waals surface area (Å²) in [5, 5.41) is 8.09. The summed E-state index contributed by atoms with van der Waals surface area (Å²) < 4.78 is 0. The minimum absolute atomic E-state index is 0.0494. The minimum atomic E-state index is -0.259. The van der Waals surface area contributed by atoms with E-state index in [9.17, 15) is 9.59 Å². The van der Waals surface area contributed by atoms with Crippen LogP contribution in [0.15, 0.2) is 29.6 Å². The molecule has 0 aliphatic rings. The van der Waals surface area contributed by atoms with E-state index in [0.29, 0.717) is 36.5 Å². The van der Waals surface area contributed by atoms with E-state index >= 15 is 0 Å². The van der Waals surface area contributed by atoms with Crippen molar-refractivity contribution in [2.24, 2.45) is 5.73 Å². The summed E-state index contributed by atoms with van der Waals surface area (Å²) in [6.07, 6.45) is 1.09. The van der Waals surface area contributed by atoms with Crippen molar-refractivity contribution < 1.29 is 9.59 Å². The third kappa shape index (κ3) is 4.37. The molecule has 1 aromatic heterocycles. The second-order valence-electron chi connectivity index (χ2n) is 4.60. The van der Waals surface area contributed by atoms with Gasteiger partial charge in [-0.1, -0.05) is 6.92 Å². The number of thiazole rings is 1. The van der Waals surface area contributed by atoms with Crippen molar-refractivity contribution >= 4 is 34.5 Å². The summed E-state index contributed by atoms with van der Waals surface area (Å²) in [5.41, 5.74) is 7.19. The summed E-state index contributed by atoms with van der Waals surface area (Å²) in [7, 11) is 0. The van der Waals surface area contributed by atoms with E-state index in [1.807, 2.05) is 0 Å². The number of carbonyl (C=O) groups is 2. The standard InChI is InChI=1S/C15H18N4O2S/c1-2-13(20)17-10-3-5-11(6-4-10)18-15(21)12-9-22-14(19-12)7-8-16/h3-6,9H,2,7-8,16H2,1H3,(H,17,20)(H,18,21). The lowest BCUT2D eigenvalue weighted by Gasteiger charge is -2.06. The molecule has 0 saturated carbocycles. The van der Waals surface area contributed by atoms with E-state index in [1.165, 1.54) is 11.3 Å². The second kappa shape index (κ2) is 7.67. The first kappa shape index (κ1) is 16.1. The van der Waals surface area contributed by atoms with Gasteiger partial charge in [-0.3, -0.25) is 9.59 Å². The quantitative estimate of drug-likeness (QED) is 0.761. The Bertz CT molecular complexity index is 652. The van der Waals surface area contributed by atoms with E-state index in [2.05, 4.69) is 15.6 Å². The number of benzene rings is 1. The van der Waals surface area contributed by atoms with E-state index < -0.39 is 0 Å². The Morgan fingerprint density at radius 2 is 1.82 bits per heavy atom. The van der Waals surface area contributed by atoms with Gasteiger partial charge in [0.1, 0.15) is 5.69 Å². The average molecular weight is 318 g/mol. The van der Waals surface area contributed by atoms with Crippen LogP contribution in [0.5, 0.6) is 0 Å². The topological polar surface area (TPSA) is 97.1 Å². The Morgan fingerprint density at radius 3 is 2.41 bits per heavy atom. The van der Waals surface area contributed by atoms with Crippen LogP contribution in [0.3, 0.4) is 0 Å². The zero-order chi connectivity index (χ0) is 15.9. The minimum Gasteiger partial charge on any atom is -0.330 e. The first-order chi connectivity index (χ1) is 10.6. The van der Waals surface area contributed by atoms with Crippen molar-refractivity contribution in [3.05, 3.63) is 40.3 Å². The average Bonchev–Trinajstić information content (AvgIpc) is 2.98. The molecule has 0 spiro atoms. The zero-order valence-electron chi connectivity index (χ0n) is 12.3. The Labute approximate surface area is 132 Å². The molecule has 6 nitrogen and oxygen atoms in total. The van der Waals surface area contributed by atoms with Crippen LogP contribution in [-0.2, 0) is 11.2 Å². The zero-order valence-corrected chi connectivity index (χ0v) is 13.1. The van der Waals surface area contributed by atoms with Gasteiger partial charge in [0.15, 0.2) is 0 Å². The molecule has 2 aromatic rings. The fourth-order valence-corrected chi connectivity index (χ4v) is 2.53. The molecule has 2 rings (SSSR count). The monoisotopic (exact) mass is 318 g/mol. The molecule has 0 saturated heterocycles. The van der Waals surface area contributed by atoms with Gasteiger partial charge in [-0.15, -0.1) is 11.3 Å². The molecular weight excluding hydrogens is 300 g/mol. The van der Waals surface area contributed by atoms with Crippen LogP contribution >= 0.6 is 11.3 Å². The summed E-state index contributed by atoms with van der Waals surface area (Å²) in [6, 6.07) is 6.95. The van der Waals surface area contributed by atoms with Crippen molar-refractivity contribution in [2.75, 3.05) is 17.2 Å². The molecule has 4 N–H and O–H groups in total. The van der Waals surface area contributed by atoms with Gasteiger partial charge in [-0.25, -0.2) is 4.98 Å². The molecule has 1 heterocycles.